The van der Waals surface area contributed by atoms with Crippen molar-refractivity contribution in [2.75, 3.05) is 11.9 Å². The molecule has 0 radical (unpaired) electrons. The molecule has 0 fully saturated rings. The highest BCUT2D eigenvalue weighted by Crippen LogP contribution is 2.33. The number of nitrogens with zero attached hydrogens (tertiary/aromatic N) is 1. The number of nitrogens with one attached hydrogen (secondary N) is 1. The summed E-state index contributed by atoms with van der Waals surface area (Å²) in [6.07, 6.45) is 0.529. The van der Waals surface area contributed by atoms with Crippen LogP contribution in [0, 0.1) is 5.41 Å². The number of likely N-dealkylation sites (N-methyl/N-ethyl adjacent to an activating group) is 1. The Bertz CT molecular complexity index is 790. The molecule has 1 N–H and O–H groups in total. The summed E-state index contributed by atoms with van der Waals surface area (Å²) in [7, 11) is 1.77. The van der Waals surface area contributed by atoms with Gasteiger partial charge in [0.25, 0.3) is 0 Å². The smallest absolute Gasteiger partial charge is 0.249 e. The molecule has 4 nitrogen and oxygen atoms in total. The predicted octanol–water partition coefficient (Wildman–Crippen LogP) is 2.89. The Balaban J connectivity index is 2.02. The lowest BCUT2D eigenvalue weighted by Crippen LogP contribution is -2.53. The Labute approximate surface area is 136 Å². The molecule has 0 aliphatic carbocycles. The number of carbonyl (C=O) groups is 2. The van der Waals surface area contributed by atoms with E-state index in [1.165, 1.54) is 0 Å². The van der Waals surface area contributed by atoms with Gasteiger partial charge in [-0.1, -0.05) is 51.1 Å². The lowest BCUT2D eigenvalue weighted by atomic mass is 9.90. The van der Waals surface area contributed by atoms with E-state index < -0.39 is 11.5 Å². The highest BCUT2D eigenvalue weighted by molar-refractivity contribution is 6.05. The topological polar surface area (TPSA) is 49.4 Å². The van der Waals surface area contributed by atoms with Gasteiger partial charge in [-0.15, -0.1) is 0 Å². The molecular weight excluding hydrogens is 288 g/mol. The fourth-order valence-electron chi connectivity index (χ4n) is 2.98. The van der Waals surface area contributed by atoms with Crippen molar-refractivity contribution >= 4 is 28.3 Å². The van der Waals surface area contributed by atoms with Crippen molar-refractivity contribution < 1.29 is 9.59 Å². The van der Waals surface area contributed by atoms with Gasteiger partial charge in [-0.3, -0.25) is 9.59 Å². The number of anilines is 1. The summed E-state index contributed by atoms with van der Waals surface area (Å²) >= 11 is 0. The van der Waals surface area contributed by atoms with Crippen molar-refractivity contribution in [3.63, 3.8) is 0 Å². The Morgan fingerprint density at radius 2 is 1.87 bits per heavy atom. The van der Waals surface area contributed by atoms with Gasteiger partial charge in [-0.2, -0.15) is 0 Å². The van der Waals surface area contributed by atoms with Crippen LogP contribution in [0.3, 0.4) is 0 Å². The van der Waals surface area contributed by atoms with Crippen LogP contribution in [-0.2, 0) is 16.0 Å². The van der Waals surface area contributed by atoms with Crippen LogP contribution >= 0.6 is 0 Å². The van der Waals surface area contributed by atoms with Crippen molar-refractivity contribution in [2.24, 2.45) is 5.41 Å². The van der Waals surface area contributed by atoms with Gasteiger partial charge in [0.2, 0.25) is 11.8 Å². The zero-order chi connectivity index (χ0) is 16.8. The van der Waals surface area contributed by atoms with E-state index in [2.05, 4.69) is 17.4 Å². The zero-order valence-electron chi connectivity index (χ0n) is 14.0. The molecule has 0 saturated carbocycles. The third-order valence-corrected chi connectivity index (χ3v) is 4.40. The second kappa shape index (κ2) is 5.37. The predicted molar refractivity (Wildman–Crippen MR) is 92.4 cm³/mol. The molecule has 2 aromatic rings. The molecule has 3 rings (SSSR count). The number of fused-ring (bicyclic) bond motifs is 3. The van der Waals surface area contributed by atoms with Crippen LogP contribution in [0.25, 0.3) is 10.8 Å². The Hall–Kier alpha value is -2.36. The summed E-state index contributed by atoms with van der Waals surface area (Å²) in [4.78, 5) is 26.5. The minimum Gasteiger partial charge on any atom is -0.344 e. The summed E-state index contributed by atoms with van der Waals surface area (Å²) in [6.45, 7) is 5.55. The average Bonchev–Trinajstić information content (AvgIpc) is 2.51. The monoisotopic (exact) mass is 310 g/mol. The molecule has 1 unspecified atom stereocenters. The number of amides is 2. The minimum atomic E-state index is -0.516. The summed E-state index contributed by atoms with van der Waals surface area (Å²) in [5, 5.41) is 5.20. The molecule has 2 aromatic carbocycles. The highest BCUT2D eigenvalue weighted by Gasteiger charge is 2.34. The van der Waals surface area contributed by atoms with E-state index in [1.807, 2.05) is 45.0 Å². The fraction of sp³-hybridized carbons (Fsp3) is 0.368. The van der Waals surface area contributed by atoms with Gasteiger partial charge < -0.3 is 10.2 Å². The van der Waals surface area contributed by atoms with E-state index in [4.69, 9.17) is 0 Å². The normalized spacial score (nSPS) is 18.0. The summed E-state index contributed by atoms with van der Waals surface area (Å²) in [6, 6.07) is 11.6. The van der Waals surface area contributed by atoms with Crippen molar-refractivity contribution in [1.82, 2.24) is 5.32 Å². The van der Waals surface area contributed by atoms with Crippen LogP contribution in [0.4, 0.5) is 5.69 Å². The number of hydrogen-bond acceptors (Lipinski definition) is 2. The fourth-order valence-corrected chi connectivity index (χ4v) is 2.98. The molecular formula is C19H22N2O2. The van der Waals surface area contributed by atoms with Crippen LogP contribution in [0.15, 0.2) is 36.4 Å². The molecule has 0 spiro atoms. The lowest BCUT2D eigenvalue weighted by Gasteiger charge is -2.34. The molecule has 0 saturated heterocycles. The minimum absolute atomic E-state index is 0.0645. The quantitative estimate of drug-likeness (QED) is 0.880. The molecule has 1 atom stereocenters. The molecule has 23 heavy (non-hydrogen) atoms. The van der Waals surface area contributed by atoms with Gasteiger partial charge in [0.15, 0.2) is 0 Å². The van der Waals surface area contributed by atoms with Crippen molar-refractivity contribution in [3.05, 3.63) is 42.0 Å². The first kappa shape index (κ1) is 15.5. The molecule has 120 valence electrons. The molecule has 1 aliphatic heterocycles. The first-order valence-corrected chi connectivity index (χ1v) is 7.88. The van der Waals surface area contributed by atoms with E-state index >= 15 is 0 Å². The van der Waals surface area contributed by atoms with Gasteiger partial charge in [-0.05, 0) is 22.4 Å². The summed E-state index contributed by atoms with van der Waals surface area (Å²) in [5.41, 5.74) is 1.53. The molecule has 4 heteroatoms. The lowest BCUT2D eigenvalue weighted by molar-refractivity contribution is -0.132. The van der Waals surface area contributed by atoms with Gasteiger partial charge in [0.05, 0.1) is 0 Å². The van der Waals surface area contributed by atoms with E-state index in [0.717, 1.165) is 22.0 Å². The maximum atomic E-state index is 12.6. The number of benzene rings is 2. The van der Waals surface area contributed by atoms with Gasteiger partial charge in [-0.25, -0.2) is 0 Å². The zero-order valence-corrected chi connectivity index (χ0v) is 14.0. The van der Waals surface area contributed by atoms with Crippen LogP contribution < -0.4 is 10.2 Å². The SMILES string of the molecule is CN1C(=O)C(NC(=O)C(C)(C)C)Cc2c1ccc1ccccc21. The van der Waals surface area contributed by atoms with E-state index in [-0.39, 0.29) is 11.8 Å². The molecule has 2 amide bonds. The second-order valence-corrected chi connectivity index (χ2v) is 7.16. The standard InChI is InChI=1S/C19H22N2O2/c1-19(2,3)18(23)20-15-11-14-13-8-6-5-7-12(13)9-10-16(14)21(4)17(15)22/h5-10,15H,11H2,1-4H3,(H,20,23). The second-order valence-electron chi connectivity index (χ2n) is 7.16. The first-order chi connectivity index (χ1) is 10.8. The van der Waals surface area contributed by atoms with Crippen LogP contribution in [0.2, 0.25) is 0 Å². The van der Waals surface area contributed by atoms with E-state index in [9.17, 15) is 9.59 Å². The summed E-state index contributed by atoms with van der Waals surface area (Å²) in [5.74, 6) is -0.168. The van der Waals surface area contributed by atoms with Crippen molar-refractivity contribution in [1.29, 1.82) is 0 Å². The van der Waals surface area contributed by atoms with Crippen LogP contribution in [-0.4, -0.2) is 24.9 Å². The largest absolute Gasteiger partial charge is 0.344 e. The Morgan fingerprint density at radius 1 is 1.17 bits per heavy atom. The molecule has 0 bridgehead atoms. The number of carbonyl (C=O) groups excluding carboxylic acids is 2. The van der Waals surface area contributed by atoms with E-state index in [1.54, 1.807) is 11.9 Å². The average molecular weight is 310 g/mol. The summed E-state index contributed by atoms with van der Waals surface area (Å²) < 4.78 is 0. The molecule has 1 heterocycles. The van der Waals surface area contributed by atoms with Gasteiger partial charge >= 0.3 is 0 Å². The third kappa shape index (κ3) is 2.69. The Morgan fingerprint density at radius 3 is 2.57 bits per heavy atom. The van der Waals surface area contributed by atoms with Crippen LogP contribution in [0.5, 0.6) is 0 Å². The first-order valence-electron chi connectivity index (χ1n) is 7.88. The molecule has 0 aromatic heterocycles. The van der Waals surface area contributed by atoms with Crippen LogP contribution in [0.1, 0.15) is 26.3 Å². The van der Waals surface area contributed by atoms with Gasteiger partial charge in [0.1, 0.15) is 6.04 Å². The number of hydrogen-bond donors (Lipinski definition) is 1. The maximum absolute atomic E-state index is 12.6. The van der Waals surface area contributed by atoms with Gasteiger partial charge in [0, 0.05) is 24.6 Å². The molecule has 1 aliphatic rings. The highest BCUT2D eigenvalue weighted by atomic mass is 16.2. The van der Waals surface area contributed by atoms with E-state index in [0.29, 0.717) is 6.42 Å². The van der Waals surface area contributed by atoms with Crippen molar-refractivity contribution in [2.45, 2.75) is 33.2 Å². The third-order valence-electron chi connectivity index (χ3n) is 4.40. The van der Waals surface area contributed by atoms with Crippen molar-refractivity contribution in [3.8, 4) is 0 Å². The Kier molecular flexibility index (Phi) is 3.63. The number of rotatable bonds is 1. The maximum Gasteiger partial charge on any atom is 0.249 e.